The fourth-order valence-electron chi connectivity index (χ4n) is 1.87. The lowest BCUT2D eigenvalue weighted by molar-refractivity contribution is 0.141. The highest BCUT2D eigenvalue weighted by Gasteiger charge is 2.20. The predicted molar refractivity (Wildman–Crippen MR) is 73.4 cm³/mol. The average molecular weight is 245 g/mol. The maximum Gasteiger partial charge on any atom is 0.0987 e. The molecule has 2 N–H and O–H groups in total. The van der Waals surface area contributed by atoms with Gasteiger partial charge in [0.25, 0.3) is 0 Å². The third-order valence-electron chi connectivity index (χ3n) is 2.80. The van der Waals surface area contributed by atoms with E-state index in [1.54, 1.807) is 0 Å². The summed E-state index contributed by atoms with van der Waals surface area (Å²) in [6, 6.07) is 19.5. The number of hydrogen-bond acceptors (Lipinski definition) is 2. The van der Waals surface area contributed by atoms with Crippen molar-refractivity contribution in [3.8, 4) is 0 Å². The summed E-state index contributed by atoms with van der Waals surface area (Å²) >= 11 is 0. The second kappa shape index (κ2) is 5.92. The quantitative estimate of drug-likeness (QED) is 0.812. The molecule has 2 aromatic carbocycles. The van der Waals surface area contributed by atoms with E-state index in [1.807, 2.05) is 60.7 Å². The van der Waals surface area contributed by atoms with Gasteiger partial charge in [0.05, 0.1) is 12.1 Å². The average Bonchev–Trinajstić information content (AvgIpc) is 2.42. The number of rotatable bonds is 4. The van der Waals surface area contributed by atoms with Gasteiger partial charge in [-0.1, -0.05) is 70.1 Å². The Hall–Kier alpha value is -1.21. The highest BCUT2D eigenvalue weighted by molar-refractivity contribution is 7.13. The van der Waals surface area contributed by atoms with Crippen molar-refractivity contribution in [2.45, 2.75) is 12.1 Å². The summed E-state index contributed by atoms with van der Waals surface area (Å²) in [5.74, 6) is 0. The Morgan fingerprint density at radius 3 is 1.76 bits per heavy atom. The van der Waals surface area contributed by atoms with E-state index < -0.39 is 6.10 Å². The van der Waals surface area contributed by atoms with E-state index in [0.29, 0.717) is 0 Å². The van der Waals surface area contributed by atoms with Gasteiger partial charge >= 0.3 is 0 Å². The minimum absolute atomic E-state index is 0.122. The van der Waals surface area contributed by atoms with Gasteiger partial charge in [-0.05, 0) is 11.1 Å². The zero-order chi connectivity index (χ0) is 12.1. The van der Waals surface area contributed by atoms with E-state index >= 15 is 0 Å². The van der Waals surface area contributed by atoms with Gasteiger partial charge in [-0.2, -0.15) is 0 Å². The molecule has 88 valence electrons. The van der Waals surface area contributed by atoms with Crippen LogP contribution in [-0.2, 0) is 0 Å². The minimum atomic E-state index is -0.559. The summed E-state index contributed by atoms with van der Waals surface area (Å²) < 4.78 is 0. The third kappa shape index (κ3) is 2.92. The molecule has 3 heteroatoms. The molecule has 0 bridgehead atoms. The van der Waals surface area contributed by atoms with Gasteiger partial charge < -0.3 is 5.11 Å². The van der Waals surface area contributed by atoms with E-state index in [-0.39, 0.29) is 6.04 Å². The molecule has 2 nitrogen and oxygen atoms in total. The number of hydrogen-bond donors (Lipinski definition) is 2. The Balaban J connectivity index is 2.25. The van der Waals surface area contributed by atoms with Crippen molar-refractivity contribution in [1.29, 1.82) is 0 Å². The van der Waals surface area contributed by atoms with Crippen LogP contribution in [0.5, 0.6) is 0 Å². The first kappa shape index (κ1) is 12.3. The number of aliphatic hydroxyl groups is 1. The van der Waals surface area contributed by atoms with Crippen LogP contribution in [-0.4, -0.2) is 5.11 Å². The van der Waals surface area contributed by atoms with Crippen molar-refractivity contribution in [3.63, 3.8) is 0 Å². The molecule has 0 aromatic heterocycles. The fourth-order valence-corrected chi connectivity index (χ4v) is 2.25. The first-order valence-corrected chi connectivity index (χ1v) is 6.14. The molecule has 17 heavy (non-hydrogen) atoms. The predicted octanol–water partition coefficient (Wildman–Crippen LogP) is 2.84. The monoisotopic (exact) mass is 245 g/mol. The van der Waals surface area contributed by atoms with Crippen molar-refractivity contribution in [2.75, 3.05) is 0 Å². The molecular weight excluding hydrogens is 229 g/mol. The summed E-state index contributed by atoms with van der Waals surface area (Å²) in [5, 5.41) is 13.4. The van der Waals surface area contributed by atoms with Crippen LogP contribution in [0.3, 0.4) is 0 Å². The molecular formula is C14H16NOP. The van der Waals surface area contributed by atoms with Crippen molar-refractivity contribution >= 4 is 9.39 Å². The lowest BCUT2D eigenvalue weighted by atomic mass is 9.97. The molecule has 3 atom stereocenters. The van der Waals surface area contributed by atoms with Crippen LogP contribution >= 0.6 is 9.39 Å². The largest absolute Gasteiger partial charge is 0.386 e. The molecule has 0 saturated carbocycles. The lowest BCUT2D eigenvalue weighted by Crippen LogP contribution is -2.19. The van der Waals surface area contributed by atoms with Crippen molar-refractivity contribution in [2.24, 2.45) is 0 Å². The maximum atomic E-state index is 10.4. The molecule has 2 aromatic rings. The van der Waals surface area contributed by atoms with Gasteiger partial charge in [-0.25, -0.2) is 0 Å². The number of aliphatic hydroxyl groups excluding tert-OH is 1. The molecule has 0 aliphatic rings. The second-order valence-electron chi connectivity index (χ2n) is 3.91. The first-order chi connectivity index (χ1) is 8.33. The number of nitrogens with one attached hydrogen (secondary N) is 1. The highest BCUT2D eigenvalue weighted by atomic mass is 31.0. The van der Waals surface area contributed by atoms with Crippen LogP contribution in [0.2, 0.25) is 0 Å². The van der Waals surface area contributed by atoms with Gasteiger partial charge in [-0.3, -0.25) is 5.09 Å². The van der Waals surface area contributed by atoms with E-state index in [2.05, 4.69) is 14.5 Å². The molecule has 0 spiro atoms. The molecule has 1 unspecified atom stereocenters. The first-order valence-electron chi connectivity index (χ1n) is 5.57. The maximum absolute atomic E-state index is 10.4. The zero-order valence-electron chi connectivity index (χ0n) is 9.45. The Morgan fingerprint density at radius 2 is 1.29 bits per heavy atom. The Bertz CT molecular complexity index is 446. The van der Waals surface area contributed by atoms with Gasteiger partial charge in [-0.15, -0.1) is 0 Å². The Labute approximate surface area is 104 Å². The van der Waals surface area contributed by atoms with Crippen LogP contribution < -0.4 is 5.09 Å². The van der Waals surface area contributed by atoms with E-state index in [4.69, 9.17) is 0 Å². The molecule has 0 fully saturated rings. The highest BCUT2D eigenvalue weighted by Crippen LogP contribution is 2.29. The van der Waals surface area contributed by atoms with Crippen LogP contribution in [0.4, 0.5) is 0 Å². The fraction of sp³-hybridized carbons (Fsp3) is 0.143. The van der Waals surface area contributed by atoms with Gasteiger partial charge in [0, 0.05) is 0 Å². The van der Waals surface area contributed by atoms with Gasteiger partial charge in [0.1, 0.15) is 0 Å². The van der Waals surface area contributed by atoms with Crippen molar-refractivity contribution in [3.05, 3.63) is 71.8 Å². The number of benzene rings is 2. The van der Waals surface area contributed by atoms with Crippen molar-refractivity contribution < 1.29 is 5.11 Å². The minimum Gasteiger partial charge on any atom is -0.386 e. The van der Waals surface area contributed by atoms with Gasteiger partial charge in [0.2, 0.25) is 0 Å². The normalized spacial score (nSPS) is 14.2. The topological polar surface area (TPSA) is 32.3 Å². The van der Waals surface area contributed by atoms with E-state index in [9.17, 15) is 5.11 Å². The summed E-state index contributed by atoms with van der Waals surface area (Å²) in [7, 11) is 2.48. The third-order valence-corrected chi connectivity index (χ3v) is 3.15. The summed E-state index contributed by atoms with van der Waals surface area (Å²) in [6.45, 7) is 0. The van der Waals surface area contributed by atoms with Crippen LogP contribution in [0.1, 0.15) is 23.3 Å². The second-order valence-corrected chi connectivity index (χ2v) is 4.24. The Morgan fingerprint density at radius 1 is 0.824 bits per heavy atom. The molecule has 0 heterocycles. The SMILES string of the molecule is O[C@@H](c1ccccc1)[C@H](NP)c1ccccc1. The van der Waals surface area contributed by atoms with Gasteiger partial charge in [0.15, 0.2) is 0 Å². The Kier molecular flexibility index (Phi) is 4.27. The van der Waals surface area contributed by atoms with E-state index in [0.717, 1.165) is 11.1 Å². The molecule has 2 rings (SSSR count). The lowest BCUT2D eigenvalue weighted by Gasteiger charge is -2.23. The van der Waals surface area contributed by atoms with Crippen molar-refractivity contribution in [1.82, 2.24) is 5.09 Å². The standard InChI is InChI=1S/C14H16NOP/c16-14(12-9-5-2-6-10-12)13(15-17)11-7-3-1-4-8-11/h1-10,13-16H,17H2/t13-,14+/m1/s1. The molecule has 0 saturated heterocycles. The molecule has 0 aliphatic carbocycles. The van der Waals surface area contributed by atoms with Crippen LogP contribution in [0.15, 0.2) is 60.7 Å². The summed E-state index contributed by atoms with van der Waals surface area (Å²) in [4.78, 5) is 0. The van der Waals surface area contributed by atoms with Crippen LogP contribution in [0.25, 0.3) is 0 Å². The molecule has 0 radical (unpaired) electrons. The molecule has 0 aliphatic heterocycles. The zero-order valence-corrected chi connectivity index (χ0v) is 10.6. The van der Waals surface area contributed by atoms with E-state index in [1.165, 1.54) is 0 Å². The summed E-state index contributed by atoms with van der Waals surface area (Å²) in [5.41, 5.74) is 1.98. The smallest absolute Gasteiger partial charge is 0.0987 e. The molecule has 0 amide bonds. The summed E-state index contributed by atoms with van der Waals surface area (Å²) in [6.07, 6.45) is -0.559. The van der Waals surface area contributed by atoms with Crippen LogP contribution in [0, 0.1) is 0 Å².